The molecular weight excluding hydrogens is 498 g/mol. The summed E-state index contributed by atoms with van der Waals surface area (Å²) in [6.07, 6.45) is -1.22. The summed E-state index contributed by atoms with van der Waals surface area (Å²) in [6.45, 7) is 1.86. The number of phenolic OH excluding ortho intramolecular Hbond substituents is 2. The number of phenols is 2. The molecule has 0 aromatic heterocycles. The number of carboxylic acids is 2. The molecule has 0 saturated heterocycles. The highest BCUT2D eigenvalue weighted by molar-refractivity contribution is 5.92. The second-order valence-corrected chi connectivity index (χ2v) is 8.92. The normalized spacial score (nSPS) is 12.6. The Balaban J connectivity index is 2.12. The third-order valence-corrected chi connectivity index (χ3v) is 6.19. The molecule has 3 amide bonds. The minimum atomic E-state index is -1.63. The second kappa shape index (κ2) is 13.1. The van der Waals surface area contributed by atoms with E-state index in [0.717, 1.165) is 11.1 Å². The maximum Gasteiger partial charge on any atom is 0.326 e. The van der Waals surface area contributed by atoms with Crippen LogP contribution in [0, 0.1) is 0 Å². The van der Waals surface area contributed by atoms with Gasteiger partial charge in [-0.2, -0.15) is 0 Å². The van der Waals surface area contributed by atoms with Gasteiger partial charge in [0.1, 0.15) is 23.6 Å². The van der Waals surface area contributed by atoms with Gasteiger partial charge in [-0.3, -0.25) is 14.4 Å². The van der Waals surface area contributed by atoms with Gasteiger partial charge >= 0.3 is 11.9 Å². The maximum absolute atomic E-state index is 12.7. The molecule has 38 heavy (non-hydrogen) atoms. The molecule has 2 atom stereocenters. The van der Waals surface area contributed by atoms with Gasteiger partial charge in [-0.05, 0) is 41.8 Å². The fourth-order valence-corrected chi connectivity index (χ4v) is 3.87. The number of carbonyl (C=O) groups excluding carboxylic acids is 3. The lowest BCUT2D eigenvalue weighted by molar-refractivity contribution is -0.145. The third-order valence-electron chi connectivity index (χ3n) is 6.19. The molecule has 0 aliphatic rings. The first-order chi connectivity index (χ1) is 17.8. The van der Waals surface area contributed by atoms with E-state index in [0.29, 0.717) is 0 Å². The lowest BCUT2D eigenvalue weighted by Gasteiger charge is -2.31. The van der Waals surface area contributed by atoms with E-state index >= 15 is 0 Å². The number of benzene rings is 2. The molecule has 0 aliphatic heterocycles. The van der Waals surface area contributed by atoms with Crippen LogP contribution in [0.2, 0.25) is 0 Å². The lowest BCUT2D eigenvalue weighted by Crippen LogP contribution is -2.48. The monoisotopic (exact) mass is 529 g/mol. The van der Waals surface area contributed by atoms with E-state index in [9.17, 15) is 44.4 Å². The number of amides is 3. The van der Waals surface area contributed by atoms with Crippen molar-refractivity contribution in [1.82, 2.24) is 16.0 Å². The zero-order valence-electron chi connectivity index (χ0n) is 20.9. The van der Waals surface area contributed by atoms with E-state index < -0.39 is 60.0 Å². The van der Waals surface area contributed by atoms with Crippen molar-refractivity contribution in [1.29, 1.82) is 0 Å². The fraction of sp³-hybridized carbons (Fsp3) is 0.346. The molecule has 0 saturated carbocycles. The van der Waals surface area contributed by atoms with Crippen molar-refractivity contribution in [3.63, 3.8) is 0 Å². The Hall–Kier alpha value is -4.61. The first-order valence-electron chi connectivity index (χ1n) is 11.7. The molecule has 0 unspecified atom stereocenters. The number of aromatic hydroxyl groups is 2. The zero-order valence-corrected chi connectivity index (χ0v) is 20.9. The quantitative estimate of drug-likeness (QED) is 0.196. The van der Waals surface area contributed by atoms with Crippen molar-refractivity contribution in [2.45, 2.75) is 50.1 Å². The molecule has 204 valence electrons. The maximum atomic E-state index is 12.7. The number of hydrogen-bond acceptors (Lipinski definition) is 7. The Morgan fingerprint density at radius 3 is 1.50 bits per heavy atom. The Morgan fingerprint density at radius 1 is 0.711 bits per heavy atom. The van der Waals surface area contributed by atoms with Crippen molar-refractivity contribution >= 4 is 29.7 Å². The number of hydrogen-bond donors (Lipinski definition) is 7. The van der Waals surface area contributed by atoms with Gasteiger partial charge in [0, 0.05) is 18.9 Å². The number of rotatable bonds is 13. The minimum absolute atomic E-state index is 0.0580. The highest BCUT2D eigenvalue weighted by Gasteiger charge is 2.32. The molecule has 7 N–H and O–H groups in total. The van der Waals surface area contributed by atoms with Crippen LogP contribution in [-0.4, -0.2) is 69.2 Å². The van der Waals surface area contributed by atoms with Crippen molar-refractivity contribution in [2.75, 3.05) is 7.05 Å². The number of aliphatic carboxylic acids is 2. The summed E-state index contributed by atoms with van der Waals surface area (Å²) in [5, 5.41) is 44.7. The Morgan fingerprint density at radius 2 is 1.11 bits per heavy atom. The number of nitrogens with one attached hydrogen (secondary N) is 3. The zero-order chi connectivity index (χ0) is 28.5. The molecule has 0 spiro atoms. The lowest BCUT2D eigenvalue weighted by atomic mass is 9.73. The van der Waals surface area contributed by atoms with Crippen LogP contribution in [0.4, 0.5) is 0 Å². The standard InChI is InChI=1S/C26H31N3O9/c1-26(15-3-7-17(30)8-4-15,16-5-9-18(31)10-6-16)12-11-21(32)28-20(25(37)38)14-23(34)29-19(24(35)36)13-22(33)27-2/h3-10,19-20,30-31H,11-14H2,1-2H3,(H,27,33)(H,28,32)(H,29,34)(H,35,36)(H,37,38)/t19-,20-/m0/s1. The van der Waals surface area contributed by atoms with E-state index in [2.05, 4.69) is 16.0 Å². The fourth-order valence-electron chi connectivity index (χ4n) is 3.87. The predicted molar refractivity (Wildman–Crippen MR) is 134 cm³/mol. The van der Waals surface area contributed by atoms with Crippen LogP contribution in [0.3, 0.4) is 0 Å². The van der Waals surface area contributed by atoms with Gasteiger partial charge in [0.15, 0.2) is 0 Å². The average molecular weight is 530 g/mol. The van der Waals surface area contributed by atoms with E-state index in [1.165, 1.54) is 31.3 Å². The molecule has 0 aliphatic carbocycles. The Labute approximate surface area is 218 Å². The third kappa shape index (κ3) is 8.22. The summed E-state index contributed by atoms with van der Waals surface area (Å²) in [6, 6.07) is 9.59. The summed E-state index contributed by atoms with van der Waals surface area (Å²) < 4.78 is 0. The van der Waals surface area contributed by atoms with Crippen LogP contribution in [0.15, 0.2) is 48.5 Å². The smallest absolute Gasteiger partial charge is 0.326 e. The van der Waals surface area contributed by atoms with Gasteiger partial charge in [0.2, 0.25) is 17.7 Å². The van der Waals surface area contributed by atoms with Crippen LogP contribution in [-0.2, 0) is 29.4 Å². The molecule has 0 heterocycles. The average Bonchev–Trinajstić information content (AvgIpc) is 2.87. The first-order valence-corrected chi connectivity index (χ1v) is 11.7. The summed E-state index contributed by atoms with van der Waals surface area (Å²) in [5.41, 5.74) is 0.765. The number of carboxylic acid groups (broad SMARTS) is 2. The van der Waals surface area contributed by atoms with Crippen LogP contribution in [0.5, 0.6) is 11.5 Å². The van der Waals surface area contributed by atoms with Gasteiger partial charge in [0.25, 0.3) is 0 Å². The molecule has 0 radical (unpaired) electrons. The molecular formula is C26H31N3O9. The highest BCUT2D eigenvalue weighted by atomic mass is 16.4. The van der Waals surface area contributed by atoms with E-state index in [-0.39, 0.29) is 24.3 Å². The summed E-state index contributed by atoms with van der Waals surface area (Å²) in [4.78, 5) is 59.5. The van der Waals surface area contributed by atoms with E-state index in [1.807, 2.05) is 6.92 Å². The van der Waals surface area contributed by atoms with Crippen LogP contribution in [0.1, 0.15) is 43.7 Å². The van der Waals surface area contributed by atoms with Crippen LogP contribution in [0.25, 0.3) is 0 Å². The van der Waals surface area contributed by atoms with E-state index in [4.69, 9.17) is 0 Å². The molecule has 12 nitrogen and oxygen atoms in total. The van der Waals surface area contributed by atoms with E-state index in [1.54, 1.807) is 24.3 Å². The molecule has 0 bridgehead atoms. The van der Waals surface area contributed by atoms with Gasteiger partial charge < -0.3 is 36.4 Å². The van der Waals surface area contributed by atoms with Gasteiger partial charge in [-0.25, -0.2) is 9.59 Å². The second-order valence-electron chi connectivity index (χ2n) is 8.92. The summed E-state index contributed by atoms with van der Waals surface area (Å²) in [7, 11) is 1.30. The molecule has 12 heteroatoms. The van der Waals surface area contributed by atoms with Crippen molar-refractivity contribution in [3.8, 4) is 11.5 Å². The van der Waals surface area contributed by atoms with Crippen molar-refractivity contribution in [3.05, 3.63) is 59.7 Å². The van der Waals surface area contributed by atoms with Crippen molar-refractivity contribution in [2.24, 2.45) is 0 Å². The molecule has 2 aromatic carbocycles. The summed E-state index contributed by atoms with van der Waals surface area (Å²) in [5.74, 6) is -5.11. The van der Waals surface area contributed by atoms with Crippen LogP contribution >= 0.6 is 0 Å². The largest absolute Gasteiger partial charge is 0.508 e. The predicted octanol–water partition coefficient (Wildman–Crippen LogP) is 0.849. The number of carbonyl (C=O) groups is 5. The molecule has 2 rings (SSSR count). The van der Waals surface area contributed by atoms with Gasteiger partial charge in [-0.15, -0.1) is 0 Å². The SMILES string of the molecule is CNC(=O)C[C@H](NC(=O)C[C@H](NC(=O)CCC(C)(c1ccc(O)cc1)c1ccc(O)cc1)C(=O)O)C(=O)O. The van der Waals surface area contributed by atoms with Gasteiger partial charge in [0.05, 0.1) is 12.8 Å². The Kier molecular flexibility index (Phi) is 10.2. The summed E-state index contributed by atoms with van der Waals surface area (Å²) >= 11 is 0. The van der Waals surface area contributed by atoms with Gasteiger partial charge in [-0.1, -0.05) is 31.2 Å². The molecule has 0 fully saturated rings. The molecule has 2 aromatic rings. The highest BCUT2D eigenvalue weighted by Crippen LogP contribution is 2.37. The van der Waals surface area contributed by atoms with Crippen LogP contribution < -0.4 is 16.0 Å². The topological polar surface area (TPSA) is 202 Å². The first kappa shape index (κ1) is 29.6. The Bertz CT molecular complexity index is 1120. The minimum Gasteiger partial charge on any atom is -0.508 e. The van der Waals surface area contributed by atoms with Crippen molar-refractivity contribution < 1.29 is 44.4 Å².